The maximum Gasteiger partial charge on any atom is 0.308 e. The van der Waals surface area contributed by atoms with Gasteiger partial charge in [-0.2, -0.15) is 0 Å². The summed E-state index contributed by atoms with van der Waals surface area (Å²) in [5.41, 5.74) is 0.784. The van der Waals surface area contributed by atoms with Crippen LogP contribution in [-0.4, -0.2) is 5.97 Å². The first-order chi connectivity index (χ1) is 6.63. The molecule has 2 nitrogen and oxygen atoms in total. The summed E-state index contributed by atoms with van der Waals surface area (Å²) in [5, 5.41) is 0.645. The maximum absolute atomic E-state index is 10.7. The van der Waals surface area contributed by atoms with E-state index < -0.39 is 0 Å². The first-order valence-electron chi connectivity index (χ1n) is 4.12. The van der Waals surface area contributed by atoms with Crippen molar-refractivity contribution in [1.82, 2.24) is 0 Å². The van der Waals surface area contributed by atoms with Crippen LogP contribution in [-0.2, 0) is 9.53 Å². The average molecular weight is 210 g/mol. The van der Waals surface area contributed by atoms with E-state index in [0.717, 1.165) is 5.56 Å². The van der Waals surface area contributed by atoms with Gasteiger partial charge in [-0.15, -0.1) is 0 Å². The van der Waals surface area contributed by atoms with E-state index in [1.165, 1.54) is 6.92 Å². The average Bonchev–Trinajstić information content (AvgIpc) is 2.15. The summed E-state index contributed by atoms with van der Waals surface area (Å²) < 4.78 is 4.95. The molecule has 0 fully saturated rings. The van der Waals surface area contributed by atoms with Crippen LogP contribution in [0.4, 0.5) is 0 Å². The van der Waals surface area contributed by atoms with Crippen molar-refractivity contribution < 1.29 is 9.53 Å². The Balaban J connectivity index is 2.91. The monoisotopic (exact) mass is 209 g/mol. The summed E-state index contributed by atoms with van der Waals surface area (Å²) in [7, 11) is 0. The number of esters is 1. The van der Waals surface area contributed by atoms with Gasteiger partial charge >= 0.3 is 5.97 Å². The van der Waals surface area contributed by atoms with Gasteiger partial charge in [0, 0.05) is 17.5 Å². The summed E-state index contributed by atoms with van der Waals surface area (Å²) in [6.45, 7) is 3.04. The van der Waals surface area contributed by atoms with E-state index in [4.69, 9.17) is 16.3 Å². The lowest BCUT2D eigenvalue weighted by Gasteiger charge is -2.05. The van der Waals surface area contributed by atoms with Gasteiger partial charge in [-0.05, 0) is 37.3 Å². The number of allylic oxidation sites excluding steroid dienone is 1. The molecule has 14 heavy (non-hydrogen) atoms. The second-order valence-electron chi connectivity index (χ2n) is 2.68. The van der Waals surface area contributed by atoms with Gasteiger partial charge in [0.25, 0.3) is 0 Å². The largest absolute Gasteiger partial charge is 0.426 e. The van der Waals surface area contributed by atoms with E-state index in [0.29, 0.717) is 10.8 Å². The van der Waals surface area contributed by atoms with Crippen molar-refractivity contribution in [2.75, 3.05) is 0 Å². The molecule has 0 spiro atoms. The molecule has 0 bridgehead atoms. The van der Waals surface area contributed by atoms with Crippen molar-refractivity contribution in [1.29, 1.82) is 0 Å². The second kappa shape index (κ2) is 4.82. The van der Waals surface area contributed by atoms with Gasteiger partial charge in [-0.25, -0.2) is 0 Å². The smallest absolute Gasteiger partial charge is 0.308 e. The van der Waals surface area contributed by atoms with Gasteiger partial charge in [0.1, 0.15) is 5.76 Å². The Labute approximate surface area is 88.1 Å². The van der Waals surface area contributed by atoms with Crippen LogP contribution in [0.3, 0.4) is 0 Å². The molecule has 0 aromatic heterocycles. The Hall–Kier alpha value is -1.28. The van der Waals surface area contributed by atoms with Crippen LogP contribution in [0.2, 0.25) is 5.02 Å². The predicted octanol–water partition coefficient (Wildman–Crippen LogP) is 3.07. The SMILES string of the molecule is C[C]=C(OC(C)=O)c1ccc(Cl)cc1. The fourth-order valence-electron chi connectivity index (χ4n) is 0.999. The van der Waals surface area contributed by atoms with Gasteiger partial charge in [0.2, 0.25) is 0 Å². The Morgan fingerprint density at radius 2 is 1.93 bits per heavy atom. The van der Waals surface area contributed by atoms with E-state index in [1.807, 2.05) is 0 Å². The number of hydrogen-bond donors (Lipinski definition) is 0. The van der Waals surface area contributed by atoms with E-state index in [1.54, 1.807) is 31.2 Å². The Morgan fingerprint density at radius 3 is 2.36 bits per heavy atom. The molecule has 0 atom stereocenters. The molecule has 1 rings (SSSR count). The lowest BCUT2D eigenvalue weighted by molar-refractivity contribution is -0.134. The quantitative estimate of drug-likeness (QED) is 0.553. The Kier molecular flexibility index (Phi) is 3.72. The van der Waals surface area contributed by atoms with Crippen LogP contribution >= 0.6 is 11.6 Å². The van der Waals surface area contributed by atoms with Gasteiger partial charge in [-0.3, -0.25) is 4.79 Å². The number of carbonyl (C=O) groups is 1. The molecule has 0 aliphatic heterocycles. The van der Waals surface area contributed by atoms with Gasteiger partial charge in [0.15, 0.2) is 0 Å². The van der Waals surface area contributed by atoms with Crippen molar-refractivity contribution in [3.8, 4) is 0 Å². The predicted molar refractivity (Wildman–Crippen MR) is 55.5 cm³/mol. The van der Waals surface area contributed by atoms with E-state index in [2.05, 4.69) is 6.08 Å². The zero-order chi connectivity index (χ0) is 10.6. The molecule has 0 aliphatic rings. The highest BCUT2D eigenvalue weighted by atomic mass is 35.5. The molecule has 0 aliphatic carbocycles. The second-order valence-corrected chi connectivity index (χ2v) is 3.12. The number of rotatable bonds is 2. The van der Waals surface area contributed by atoms with Crippen molar-refractivity contribution in [2.45, 2.75) is 13.8 Å². The fraction of sp³-hybridized carbons (Fsp3) is 0.182. The molecule has 1 aromatic carbocycles. The zero-order valence-electron chi connectivity index (χ0n) is 8.00. The van der Waals surface area contributed by atoms with Gasteiger partial charge < -0.3 is 4.74 Å². The minimum absolute atomic E-state index is 0.357. The number of ether oxygens (including phenoxy) is 1. The van der Waals surface area contributed by atoms with Crippen molar-refractivity contribution in [3.05, 3.63) is 40.9 Å². The summed E-state index contributed by atoms with van der Waals surface area (Å²) in [6, 6.07) is 7.02. The number of hydrogen-bond acceptors (Lipinski definition) is 2. The number of benzene rings is 1. The number of halogens is 1. The first kappa shape index (κ1) is 10.8. The molecule has 1 radical (unpaired) electrons. The molecule has 0 heterocycles. The summed E-state index contributed by atoms with van der Waals surface area (Å²) in [5.74, 6) is 0.0680. The highest BCUT2D eigenvalue weighted by Gasteiger charge is 2.04. The lowest BCUT2D eigenvalue weighted by Crippen LogP contribution is -1.98. The minimum atomic E-state index is -0.357. The fourth-order valence-corrected chi connectivity index (χ4v) is 1.13. The van der Waals surface area contributed by atoms with Crippen LogP contribution < -0.4 is 0 Å². The Morgan fingerprint density at radius 1 is 1.36 bits per heavy atom. The molecule has 0 N–H and O–H groups in total. The number of carbonyl (C=O) groups excluding carboxylic acids is 1. The van der Waals surface area contributed by atoms with Gasteiger partial charge in [-0.1, -0.05) is 11.6 Å². The van der Waals surface area contributed by atoms with Crippen molar-refractivity contribution in [3.63, 3.8) is 0 Å². The minimum Gasteiger partial charge on any atom is -0.426 e. The van der Waals surface area contributed by atoms with E-state index >= 15 is 0 Å². The Bertz CT molecular complexity index is 352. The van der Waals surface area contributed by atoms with E-state index in [9.17, 15) is 4.79 Å². The third-order valence-electron chi connectivity index (χ3n) is 1.58. The molecule has 73 valence electrons. The molecule has 0 amide bonds. The van der Waals surface area contributed by atoms with Crippen LogP contribution in [0.1, 0.15) is 19.4 Å². The normalized spacial score (nSPS) is 11.2. The first-order valence-corrected chi connectivity index (χ1v) is 4.50. The highest BCUT2D eigenvalue weighted by molar-refractivity contribution is 6.30. The molecular weight excluding hydrogens is 200 g/mol. The lowest BCUT2D eigenvalue weighted by atomic mass is 10.2. The summed E-state index contributed by atoms with van der Waals surface area (Å²) >= 11 is 5.73. The van der Waals surface area contributed by atoms with Crippen LogP contribution in [0.5, 0.6) is 0 Å². The van der Waals surface area contributed by atoms with Gasteiger partial charge in [0.05, 0.1) is 0 Å². The molecule has 3 heteroatoms. The maximum atomic E-state index is 10.7. The molecule has 0 saturated carbocycles. The topological polar surface area (TPSA) is 26.3 Å². The van der Waals surface area contributed by atoms with Crippen molar-refractivity contribution >= 4 is 23.3 Å². The summed E-state index contributed by atoms with van der Waals surface area (Å²) in [4.78, 5) is 10.7. The molecular formula is C11H10ClO2. The molecule has 1 aromatic rings. The van der Waals surface area contributed by atoms with Crippen LogP contribution in [0, 0.1) is 6.08 Å². The van der Waals surface area contributed by atoms with E-state index in [-0.39, 0.29) is 5.97 Å². The zero-order valence-corrected chi connectivity index (χ0v) is 8.76. The van der Waals surface area contributed by atoms with Crippen LogP contribution in [0.15, 0.2) is 24.3 Å². The third-order valence-corrected chi connectivity index (χ3v) is 1.83. The van der Waals surface area contributed by atoms with Crippen molar-refractivity contribution in [2.24, 2.45) is 0 Å². The summed E-state index contributed by atoms with van der Waals surface area (Å²) in [6.07, 6.45) is 2.80. The highest BCUT2D eigenvalue weighted by Crippen LogP contribution is 2.18. The molecule has 0 unspecified atom stereocenters. The molecule has 0 saturated heterocycles. The third kappa shape index (κ3) is 2.89. The standard InChI is InChI=1S/C11H10ClO2/c1-3-11(14-8(2)13)9-4-6-10(12)7-5-9/h4-7H,1-2H3. The van der Waals surface area contributed by atoms with Crippen LogP contribution in [0.25, 0.3) is 5.76 Å².